The molecule has 0 bridgehead atoms. The molecule has 1 saturated heterocycles. The third-order valence-corrected chi connectivity index (χ3v) is 9.17. The number of nitrogens with zero attached hydrogens (tertiary/aromatic N) is 3. The van der Waals surface area contributed by atoms with E-state index in [1.165, 1.54) is 4.88 Å². The first-order valence-electron chi connectivity index (χ1n) is 10.5. The van der Waals surface area contributed by atoms with Gasteiger partial charge in [-0.3, -0.25) is 14.8 Å². The Morgan fingerprint density at radius 2 is 2.03 bits per heavy atom. The Balaban J connectivity index is 1.43. The summed E-state index contributed by atoms with van der Waals surface area (Å²) >= 11 is 1.57. The molecule has 5 rings (SSSR count). The average Bonchev–Trinajstić information content (AvgIpc) is 3.35. The monoisotopic (exact) mass is 434 g/mol. The molecular formula is C20H26N4O3S2. The molecule has 1 fully saturated rings. The van der Waals surface area contributed by atoms with Crippen LogP contribution in [-0.4, -0.2) is 40.6 Å². The normalized spacial score (nSPS) is 25.4. The van der Waals surface area contributed by atoms with Crippen LogP contribution in [0.2, 0.25) is 0 Å². The number of aryl methyl sites for hydroxylation is 1. The van der Waals surface area contributed by atoms with E-state index in [9.17, 15) is 13.2 Å². The van der Waals surface area contributed by atoms with Crippen LogP contribution < -0.4 is 5.32 Å². The minimum Gasteiger partial charge on any atom is -0.296 e. The number of aromatic nitrogens is 3. The van der Waals surface area contributed by atoms with E-state index in [-0.39, 0.29) is 23.5 Å². The third-order valence-electron chi connectivity index (χ3n) is 6.38. The van der Waals surface area contributed by atoms with Gasteiger partial charge in [-0.15, -0.1) is 11.3 Å². The zero-order chi connectivity index (χ0) is 20.2. The van der Waals surface area contributed by atoms with E-state index in [0.717, 1.165) is 61.9 Å². The van der Waals surface area contributed by atoms with Crippen LogP contribution in [0.1, 0.15) is 71.0 Å². The van der Waals surface area contributed by atoms with E-state index in [1.807, 2.05) is 4.68 Å². The lowest BCUT2D eigenvalue weighted by Gasteiger charge is -2.17. The van der Waals surface area contributed by atoms with Crippen LogP contribution in [-0.2, 0) is 35.5 Å². The van der Waals surface area contributed by atoms with Gasteiger partial charge in [0, 0.05) is 16.1 Å². The van der Waals surface area contributed by atoms with Crippen molar-refractivity contribution < 1.29 is 13.2 Å². The van der Waals surface area contributed by atoms with Gasteiger partial charge >= 0.3 is 0 Å². The van der Waals surface area contributed by atoms with Crippen molar-refractivity contribution in [1.29, 1.82) is 0 Å². The minimum absolute atomic E-state index is 0.125. The third kappa shape index (κ3) is 3.63. The van der Waals surface area contributed by atoms with Gasteiger partial charge in [0.2, 0.25) is 0 Å². The van der Waals surface area contributed by atoms with Crippen LogP contribution in [0.3, 0.4) is 0 Å². The molecule has 3 aliphatic rings. The van der Waals surface area contributed by atoms with Crippen molar-refractivity contribution in [3.8, 4) is 0 Å². The molecule has 0 aromatic carbocycles. The van der Waals surface area contributed by atoms with Gasteiger partial charge in [-0.1, -0.05) is 6.92 Å². The predicted octanol–water partition coefficient (Wildman–Crippen LogP) is 2.96. The van der Waals surface area contributed by atoms with E-state index in [4.69, 9.17) is 0 Å². The Labute approximate surface area is 174 Å². The van der Waals surface area contributed by atoms with Crippen molar-refractivity contribution in [2.75, 3.05) is 16.8 Å². The lowest BCUT2D eigenvalue weighted by molar-refractivity contribution is 0.102. The minimum atomic E-state index is -3.01. The van der Waals surface area contributed by atoms with Gasteiger partial charge in [0.1, 0.15) is 0 Å². The maximum absolute atomic E-state index is 13.1. The van der Waals surface area contributed by atoms with Crippen molar-refractivity contribution in [3.05, 3.63) is 27.5 Å². The molecular weight excluding hydrogens is 408 g/mol. The number of hydrogen-bond donors (Lipinski definition) is 1. The maximum atomic E-state index is 13.1. The first-order chi connectivity index (χ1) is 13.9. The second kappa shape index (κ2) is 7.19. The zero-order valence-corrected chi connectivity index (χ0v) is 18.2. The maximum Gasteiger partial charge on any atom is 0.278 e. The Morgan fingerprint density at radius 1 is 1.21 bits per heavy atom. The van der Waals surface area contributed by atoms with Crippen molar-refractivity contribution in [2.45, 2.75) is 64.3 Å². The van der Waals surface area contributed by atoms with Crippen molar-refractivity contribution in [3.63, 3.8) is 0 Å². The molecule has 2 aliphatic carbocycles. The van der Waals surface area contributed by atoms with Crippen molar-refractivity contribution >= 4 is 32.2 Å². The van der Waals surface area contributed by atoms with Gasteiger partial charge in [-0.2, -0.15) is 5.10 Å². The van der Waals surface area contributed by atoms with E-state index in [2.05, 4.69) is 22.3 Å². The van der Waals surface area contributed by atoms with Crippen LogP contribution in [0.25, 0.3) is 0 Å². The van der Waals surface area contributed by atoms with E-state index in [1.54, 1.807) is 11.3 Å². The topological polar surface area (TPSA) is 93.9 Å². The fourth-order valence-corrected chi connectivity index (χ4v) is 7.69. The van der Waals surface area contributed by atoms with E-state index < -0.39 is 9.84 Å². The molecule has 1 N–H and O–H groups in total. The van der Waals surface area contributed by atoms with Gasteiger partial charge in [0.05, 0.1) is 23.2 Å². The molecule has 2 aromatic heterocycles. The summed E-state index contributed by atoms with van der Waals surface area (Å²) in [6.07, 6.45) is 7.49. The molecule has 0 radical (unpaired) electrons. The predicted molar refractivity (Wildman–Crippen MR) is 112 cm³/mol. The molecule has 2 unspecified atom stereocenters. The summed E-state index contributed by atoms with van der Waals surface area (Å²) < 4.78 is 25.8. The molecule has 3 heterocycles. The van der Waals surface area contributed by atoms with Crippen LogP contribution in [0.4, 0.5) is 5.13 Å². The number of carbonyl (C=O) groups is 1. The van der Waals surface area contributed by atoms with Crippen LogP contribution >= 0.6 is 11.3 Å². The number of sulfone groups is 1. The first-order valence-corrected chi connectivity index (χ1v) is 13.1. The zero-order valence-electron chi connectivity index (χ0n) is 16.6. The van der Waals surface area contributed by atoms with Gasteiger partial charge in [0.25, 0.3) is 5.91 Å². The fraction of sp³-hybridized carbons (Fsp3) is 0.650. The number of carbonyl (C=O) groups excluding carboxylic acids is 1. The summed E-state index contributed by atoms with van der Waals surface area (Å²) in [6, 6.07) is -0.151. The molecule has 9 heteroatoms. The highest BCUT2D eigenvalue weighted by atomic mass is 32.2. The van der Waals surface area contributed by atoms with Crippen LogP contribution in [0, 0.1) is 5.92 Å². The van der Waals surface area contributed by atoms with Crippen LogP contribution in [0.5, 0.6) is 0 Å². The molecule has 1 aliphatic heterocycles. The average molecular weight is 435 g/mol. The summed E-state index contributed by atoms with van der Waals surface area (Å²) in [5, 5.41) is 8.27. The molecule has 7 nitrogen and oxygen atoms in total. The van der Waals surface area contributed by atoms with Gasteiger partial charge in [0.15, 0.2) is 20.7 Å². The number of hydrogen-bond acceptors (Lipinski definition) is 6. The lowest BCUT2D eigenvalue weighted by atomic mass is 9.93. The highest BCUT2D eigenvalue weighted by Gasteiger charge is 2.34. The summed E-state index contributed by atoms with van der Waals surface area (Å²) in [5.41, 5.74) is 3.61. The highest BCUT2D eigenvalue weighted by Crippen LogP contribution is 2.34. The summed E-state index contributed by atoms with van der Waals surface area (Å²) in [6.45, 7) is 2.25. The largest absolute Gasteiger partial charge is 0.296 e. The first kappa shape index (κ1) is 19.2. The van der Waals surface area contributed by atoms with Gasteiger partial charge in [-0.25, -0.2) is 13.4 Å². The molecule has 29 heavy (non-hydrogen) atoms. The quantitative estimate of drug-likeness (QED) is 0.802. The Kier molecular flexibility index (Phi) is 4.77. The summed E-state index contributed by atoms with van der Waals surface area (Å²) in [5.74, 6) is 0.773. The number of rotatable bonds is 3. The molecule has 2 atom stereocenters. The molecule has 2 aromatic rings. The van der Waals surface area contributed by atoms with E-state index >= 15 is 0 Å². The van der Waals surface area contributed by atoms with Crippen LogP contribution in [0.15, 0.2) is 0 Å². The molecule has 0 saturated carbocycles. The van der Waals surface area contributed by atoms with Crippen molar-refractivity contribution in [1.82, 2.24) is 14.8 Å². The van der Waals surface area contributed by atoms with Gasteiger partial charge < -0.3 is 0 Å². The lowest BCUT2D eigenvalue weighted by Crippen LogP contribution is -2.17. The summed E-state index contributed by atoms with van der Waals surface area (Å²) in [4.78, 5) is 19.0. The number of thiazole rings is 1. The summed E-state index contributed by atoms with van der Waals surface area (Å²) in [7, 11) is -3.01. The molecule has 156 valence electrons. The second-order valence-electron chi connectivity index (χ2n) is 8.67. The molecule has 0 spiro atoms. The number of anilines is 1. The number of amides is 1. The standard InChI is InChI=1S/C20H26N4O3S2/c1-12-6-7-15-17(10-12)28-20(21-15)22-19(25)18-14-4-2-3-5-16(14)24(23-18)13-8-9-29(26,27)11-13/h12-13H,2-11H2,1H3,(H,21,22,25). The molecule has 1 amide bonds. The van der Waals surface area contributed by atoms with Gasteiger partial charge in [-0.05, 0) is 57.3 Å². The Bertz CT molecular complexity index is 1070. The number of nitrogens with one attached hydrogen (secondary N) is 1. The smallest absolute Gasteiger partial charge is 0.278 e. The van der Waals surface area contributed by atoms with Crippen molar-refractivity contribution in [2.24, 2.45) is 5.92 Å². The Morgan fingerprint density at radius 3 is 2.83 bits per heavy atom. The SMILES string of the molecule is CC1CCc2nc(NC(=O)c3nn(C4CCS(=O)(=O)C4)c4c3CCCC4)sc2C1. The van der Waals surface area contributed by atoms with E-state index in [0.29, 0.717) is 23.2 Å². The number of fused-ring (bicyclic) bond motifs is 2. The highest BCUT2D eigenvalue weighted by molar-refractivity contribution is 7.91. The second-order valence-corrected chi connectivity index (χ2v) is 12.0. The fourth-order valence-electron chi connectivity index (χ4n) is 4.83. The Hall–Kier alpha value is -1.74.